The highest BCUT2D eigenvalue weighted by molar-refractivity contribution is 5.76. The third-order valence-electron chi connectivity index (χ3n) is 17.0. The first-order chi connectivity index (χ1) is 39.0. The Morgan fingerprint density at radius 1 is 0.342 bits per heavy atom. The number of ether oxygens (including phenoxy) is 1. The summed E-state index contributed by atoms with van der Waals surface area (Å²) in [6.45, 7) is 4.95. The number of esters is 1. The molecule has 3 N–H and O–H groups in total. The lowest BCUT2D eigenvalue weighted by molar-refractivity contribution is -0.143. The molecule has 0 aromatic rings. The number of carbonyl (C=O) groups is 2. The van der Waals surface area contributed by atoms with E-state index in [1.807, 2.05) is 6.08 Å². The number of aliphatic hydroxyl groups is 2. The van der Waals surface area contributed by atoms with E-state index < -0.39 is 12.1 Å². The van der Waals surface area contributed by atoms with Gasteiger partial charge in [-0.1, -0.05) is 359 Å². The number of rotatable bonds is 68. The second-order valence-electron chi connectivity index (χ2n) is 24.9. The molecule has 0 aromatic carbocycles. The molecule has 2 atom stereocenters. The molecule has 2 unspecified atom stereocenters. The zero-order chi connectivity index (χ0) is 57.1. The van der Waals surface area contributed by atoms with Crippen LogP contribution in [0.1, 0.15) is 406 Å². The molecule has 0 bridgehead atoms. The van der Waals surface area contributed by atoms with Crippen molar-refractivity contribution in [1.82, 2.24) is 5.32 Å². The van der Waals surface area contributed by atoms with E-state index >= 15 is 0 Å². The van der Waals surface area contributed by atoms with Gasteiger partial charge in [-0.25, -0.2) is 0 Å². The molecule has 6 heteroatoms. The Balaban J connectivity index is 3.37. The van der Waals surface area contributed by atoms with E-state index in [-0.39, 0.29) is 18.5 Å². The van der Waals surface area contributed by atoms with Crippen LogP contribution in [0.3, 0.4) is 0 Å². The summed E-state index contributed by atoms with van der Waals surface area (Å²) < 4.78 is 5.50. The number of nitrogens with one attached hydrogen (secondary N) is 1. The molecule has 6 nitrogen and oxygen atoms in total. The Labute approximate surface area is 494 Å². The van der Waals surface area contributed by atoms with Gasteiger partial charge in [-0.05, 0) is 57.8 Å². The molecule has 0 fully saturated rings. The fourth-order valence-corrected chi connectivity index (χ4v) is 11.5. The van der Waals surface area contributed by atoms with E-state index in [9.17, 15) is 19.8 Å². The second-order valence-corrected chi connectivity index (χ2v) is 24.9. The third-order valence-corrected chi connectivity index (χ3v) is 17.0. The smallest absolute Gasteiger partial charge is 0.305 e. The van der Waals surface area contributed by atoms with Crippen molar-refractivity contribution in [3.8, 4) is 0 Å². The predicted molar refractivity (Wildman–Crippen MR) is 347 cm³/mol. The Bertz CT molecular complexity index is 1230. The van der Waals surface area contributed by atoms with Crippen LogP contribution in [0.5, 0.6) is 0 Å². The molecule has 79 heavy (non-hydrogen) atoms. The molecular formula is C73H141NO5. The zero-order valence-corrected chi connectivity index (χ0v) is 53.6. The van der Waals surface area contributed by atoms with E-state index in [1.54, 1.807) is 6.08 Å². The summed E-state index contributed by atoms with van der Waals surface area (Å²) in [6.07, 6.45) is 86.9. The lowest BCUT2D eigenvalue weighted by Gasteiger charge is -2.20. The zero-order valence-electron chi connectivity index (χ0n) is 53.6. The van der Waals surface area contributed by atoms with Crippen LogP contribution in [0, 0.1) is 0 Å². The monoisotopic (exact) mass is 1110 g/mol. The van der Waals surface area contributed by atoms with Gasteiger partial charge in [0.1, 0.15) is 0 Å². The van der Waals surface area contributed by atoms with Crippen molar-refractivity contribution in [3.63, 3.8) is 0 Å². The Morgan fingerprint density at radius 3 is 0.899 bits per heavy atom. The molecule has 0 aliphatic rings. The maximum atomic E-state index is 12.5. The largest absolute Gasteiger partial charge is 0.466 e. The van der Waals surface area contributed by atoms with Crippen LogP contribution in [-0.2, 0) is 14.3 Å². The molecule has 0 spiro atoms. The van der Waals surface area contributed by atoms with E-state index in [4.69, 9.17) is 4.74 Å². The van der Waals surface area contributed by atoms with Crippen molar-refractivity contribution >= 4 is 11.9 Å². The molecule has 0 heterocycles. The number of hydrogen-bond acceptors (Lipinski definition) is 5. The summed E-state index contributed by atoms with van der Waals surface area (Å²) in [5, 5.41) is 23.2. The molecule has 0 aliphatic carbocycles. The van der Waals surface area contributed by atoms with Gasteiger partial charge in [-0.3, -0.25) is 9.59 Å². The van der Waals surface area contributed by atoms with E-state index in [2.05, 4.69) is 31.3 Å². The van der Waals surface area contributed by atoms with Crippen molar-refractivity contribution in [2.45, 2.75) is 418 Å². The number of unbranched alkanes of at least 4 members (excludes halogenated alkanes) is 55. The Hall–Kier alpha value is -1.66. The topological polar surface area (TPSA) is 95.9 Å². The lowest BCUT2D eigenvalue weighted by Crippen LogP contribution is -2.45. The van der Waals surface area contributed by atoms with Crippen LogP contribution in [0.15, 0.2) is 24.3 Å². The van der Waals surface area contributed by atoms with Crippen LogP contribution >= 0.6 is 0 Å². The number of hydrogen-bond donors (Lipinski definition) is 3. The van der Waals surface area contributed by atoms with Crippen LogP contribution in [-0.4, -0.2) is 47.4 Å². The highest BCUT2D eigenvalue weighted by Gasteiger charge is 2.18. The first-order valence-corrected chi connectivity index (χ1v) is 36.1. The molecular weight excluding hydrogens is 971 g/mol. The van der Waals surface area contributed by atoms with Crippen LogP contribution in [0.2, 0.25) is 0 Å². The molecule has 0 saturated heterocycles. The Kier molecular flexibility index (Phi) is 67.4. The summed E-state index contributed by atoms with van der Waals surface area (Å²) in [7, 11) is 0. The van der Waals surface area contributed by atoms with Gasteiger partial charge < -0.3 is 20.3 Å². The second kappa shape index (κ2) is 68.8. The van der Waals surface area contributed by atoms with Gasteiger partial charge >= 0.3 is 5.97 Å². The highest BCUT2D eigenvalue weighted by Crippen LogP contribution is 2.19. The summed E-state index contributed by atoms with van der Waals surface area (Å²) in [5.41, 5.74) is 0. The predicted octanol–water partition coefficient (Wildman–Crippen LogP) is 23.3. The Morgan fingerprint density at radius 2 is 0.595 bits per heavy atom. The summed E-state index contributed by atoms with van der Waals surface area (Å²) in [5.74, 6) is -0.0428. The molecule has 0 aliphatic heterocycles. The van der Waals surface area contributed by atoms with Gasteiger partial charge in [0, 0.05) is 12.8 Å². The quantitative estimate of drug-likeness (QED) is 0.0320. The standard InChI is InChI=1S/C73H141NO5/c1-3-5-7-9-11-13-15-17-19-34-38-41-45-49-53-57-61-65-71(76)70(69-75)74-72(77)66-62-58-54-50-46-42-39-35-32-30-28-26-24-22-20-21-23-25-27-29-31-33-36-40-44-48-52-56-60-64-68-79-73(78)67-63-59-55-51-47-43-37-18-16-14-12-10-8-6-4-2/h21,23,61,65,70-71,75-76H,3-20,22,24-60,62-64,66-69H2,1-2H3,(H,74,77)/b23-21-,65-61+. The minimum absolute atomic E-state index is 0.0204. The summed E-state index contributed by atoms with van der Waals surface area (Å²) >= 11 is 0. The SMILES string of the molecule is CCCCCCCCCCCCCCCCC/C=C/C(O)C(CO)NC(=O)CCCCCCCCCCCCCCCC/C=C\CCCCCCCCCCCCCCOC(=O)CCCCCCCCCCCCCCCCC. The van der Waals surface area contributed by atoms with Crippen molar-refractivity contribution < 1.29 is 24.5 Å². The summed E-state index contributed by atoms with van der Waals surface area (Å²) in [6, 6.07) is -0.627. The van der Waals surface area contributed by atoms with E-state index in [0.29, 0.717) is 19.4 Å². The van der Waals surface area contributed by atoms with Crippen LogP contribution in [0.4, 0.5) is 0 Å². The molecule has 0 rings (SSSR count). The van der Waals surface area contributed by atoms with Crippen molar-refractivity contribution in [1.29, 1.82) is 0 Å². The van der Waals surface area contributed by atoms with Crippen molar-refractivity contribution in [2.75, 3.05) is 13.2 Å². The first-order valence-electron chi connectivity index (χ1n) is 36.1. The molecule has 0 aromatic heterocycles. The lowest BCUT2D eigenvalue weighted by atomic mass is 10.0. The van der Waals surface area contributed by atoms with E-state index in [0.717, 1.165) is 38.5 Å². The maximum Gasteiger partial charge on any atom is 0.305 e. The van der Waals surface area contributed by atoms with E-state index in [1.165, 1.54) is 340 Å². The minimum atomic E-state index is -0.843. The van der Waals surface area contributed by atoms with Gasteiger partial charge in [0.15, 0.2) is 0 Å². The van der Waals surface area contributed by atoms with Crippen LogP contribution in [0.25, 0.3) is 0 Å². The minimum Gasteiger partial charge on any atom is -0.466 e. The normalized spacial score (nSPS) is 12.6. The van der Waals surface area contributed by atoms with Gasteiger partial charge in [0.25, 0.3) is 0 Å². The fourth-order valence-electron chi connectivity index (χ4n) is 11.5. The van der Waals surface area contributed by atoms with Gasteiger partial charge in [-0.15, -0.1) is 0 Å². The molecule has 468 valence electrons. The number of aliphatic hydroxyl groups excluding tert-OH is 2. The van der Waals surface area contributed by atoms with Crippen molar-refractivity contribution in [3.05, 3.63) is 24.3 Å². The van der Waals surface area contributed by atoms with Crippen molar-refractivity contribution in [2.24, 2.45) is 0 Å². The number of amides is 1. The van der Waals surface area contributed by atoms with Gasteiger partial charge in [0.2, 0.25) is 5.91 Å². The number of allylic oxidation sites excluding steroid dienone is 3. The first kappa shape index (κ1) is 77.3. The average Bonchev–Trinajstić information content (AvgIpc) is 3.45. The highest BCUT2D eigenvalue weighted by atomic mass is 16.5. The fraction of sp³-hybridized carbons (Fsp3) is 0.918. The number of carbonyl (C=O) groups excluding carboxylic acids is 2. The molecule has 0 radical (unpaired) electrons. The average molecular weight is 1110 g/mol. The maximum absolute atomic E-state index is 12.5. The molecule has 0 saturated carbocycles. The van der Waals surface area contributed by atoms with Crippen LogP contribution < -0.4 is 5.32 Å². The van der Waals surface area contributed by atoms with Gasteiger partial charge in [-0.2, -0.15) is 0 Å². The van der Waals surface area contributed by atoms with Gasteiger partial charge in [0.05, 0.1) is 25.4 Å². The summed E-state index contributed by atoms with van der Waals surface area (Å²) in [4.78, 5) is 24.6. The molecule has 1 amide bonds. The third kappa shape index (κ3) is 65.4.